The van der Waals surface area contributed by atoms with Crippen molar-refractivity contribution in [3.63, 3.8) is 0 Å². The van der Waals surface area contributed by atoms with Crippen molar-refractivity contribution in [3.05, 3.63) is 53.3 Å². The first-order valence-corrected chi connectivity index (χ1v) is 10.6. The topological polar surface area (TPSA) is 86.9 Å². The summed E-state index contributed by atoms with van der Waals surface area (Å²) in [6, 6.07) is 8.62. The summed E-state index contributed by atoms with van der Waals surface area (Å²) in [6.45, 7) is 10.0. The maximum absolute atomic E-state index is 10.8. The van der Waals surface area contributed by atoms with Crippen LogP contribution in [-0.2, 0) is 30.5 Å². The third-order valence-corrected chi connectivity index (χ3v) is 5.22. The lowest BCUT2D eigenvalue weighted by Gasteiger charge is -2.26. The van der Waals surface area contributed by atoms with Gasteiger partial charge in [-0.2, -0.15) is 5.10 Å². The summed E-state index contributed by atoms with van der Waals surface area (Å²) in [5.41, 5.74) is 2.19. The van der Waals surface area contributed by atoms with Crippen LogP contribution in [0.5, 0.6) is 0 Å². The fraction of sp³-hybridized carbons (Fsp3) is 0.545. The molecule has 1 unspecified atom stereocenters. The average molecular weight is 415 g/mol. The summed E-state index contributed by atoms with van der Waals surface area (Å²) in [4.78, 5) is 7.08. The molecular formula is C22H34N6O2. The first-order chi connectivity index (χ1) is 14.5. The molecule has 3 N–H and O–H groups in total. The number of nitrogens with zero attached hydrogens (tertiary/aromatic N) is 4. The van der Waals surface area contributed by atoms with Gasteiger partial charge in [0.1, 0.15) is 5.60 Å². The Morgan fingerprint density at radius 1 is 1.20 bits per heavy atom. The molecule has 3 rings (SSSR count). The van der Waals surface area contributed by atoms with Crippen LogP contribution in [0.1, 0.15) is 30.5 Å². The highest BCUT2D eigenvalue weighted by Crippen LogP contribution is 2.18. The van der Waals surface area contributed by atoms with Crippen LogP contribution in [0, 0.1) is 0 Å². The Morgan fingerprint density at radius 2 is 1.90 bits per heavy atom. The molecule has 1 aromatic heterocycles. The van der Waals surface area contributed by atoms with Gasteiger partial charge in [0.15, 0.2) is 5.96 Å². The Bertz CT molecular complexity index is 809. The maximum Gasteiger partial charge on any atom is 0.191 e. The maximum atomic E-state index is 10.8. The van der Waals surface area contributed by atoms with Crippen molar-refractivity contribution in [3.8, 4) is 0 Å². The van der Waals surface area contributed by atoms with Crippen molar-refractivity contribution >= 4 is 5.96 Å². The van der Waals surface area contributed by atoms with Crippen LogP contribution < -0.4 is 10.6 Å². The number of hydrogen-bond acceptors (Lipinski definition) is 5. The Hall–Kier alpha value is -2.42. The number of aromatic nitrogens is 2. The molecule has 0 saturated carbocycles. The molecule has 1 saturated heterocycles. The molecule has 0 radical (unpaired) electrons. The first-order valence-electron chi connectivity index (χ1n) is 10.6. The fourth-order valence-electron chi connectivity index (χ4n) is 3.34. The molecule has 8 nitrogen and oxygen atoms in total. The molecule has 8 heteroatoms. The lowest BCUT2D eigenvalue weighted by molar-refractivity contribution is 0.0342. The van der Waals surface area contributed by atoms with Gasteiger partial charge in [0, 0.05) is 45.0 Å². The molecule has 0 amide bonds. The molecule has 1 atom stereocenters. The first kappa shape index (κ1) is 22.3. The van der Waals surface area contributed by atoms with E-state index >= 15 is 0 Å². The molecular weight excluding hydrogens is 380 g/mol. The quantitative estimate of drug-likeness (QED) is 0.445. The summed E-state index contributed by atoms with van der Waals surface area (Å²) >= 11 is 0. The van der Waals surface area contributed by atoms with E-state index in [2.05, 4.69) is 49.9 Å². The van der Waals surface area contributed by atoms with Crippen LogP contribution in [0.15, 0.2) is 41.7 Å². The van der Waals surface area contributed by atoms with Gasteiger partial charge < -0.3 is 20.5 Å². The number of benzene rings is 1. The number of ether oxygens (including phenoxy) is 1. The minimum absolute atomic E-state index is 0.336. The van der Waals surface area contributed by atoms with Gasteiger partial charge in [-0.05, 0) is 25.0 Å². The summed E-state index contributed by atoms with van der Waals surface area (Å²) in [5.74, 6) is 0.680. The van der Waals surface area contributed by atoms with E-state index in [4.69, 9.17) is 4.74 Å². The smallest absolute Gasteiger partial charge is 0.191 e. The SMILES string of the molecule is CCNC(=NCc1ccc(CN2CCOCC2)cc1)NCC(C)(O)c1cnn(C)c1. The van der Waals surface area contributed by atoms with E-state index in [-0.39, 0.29) is 0 Å². The summed E-state index contributed by atoms with van der Waals surface area (Å²) in [7, 11) is 1.84. The van der Waals surface area contributed by atoms with Gasteiger partial charge in [-0.25, -0.2) is 4.99 Å². The van der Waals surface area contributed by atoms with Crippen LogP contribution in [-0.4, -0.2) is 65.1 Å². The number of aliphatic hydroxyl groups is 1. The average Bonchev–Trinajstić information content (AvgIpc) is 3.19. The third kappa shape index (κ3) is 6.55. The molecule has 0 bridgehead atoms. The highest BCUT2D eigenvalue weighted by molar-refractivity contribution is 5.79. The molecule has 2 heterocycles. The van der Waals surface area contributed by atoms with Crippen molar-refractivity contribution in [2.45, 2.75) is 32.5 Å². The molecule has 0 spiro atoms. The van der Waals surface area contributed by atoms with Gasteiger partial charge in [0.2, 0.25) is 0 Å². The van der Waals surface area contributed by atoms with Gasteiger partial charge in [0.25, 0.3) is 0 Å². The molecule has 30 heavy (non-hydrogen) atoms. The number of rotatable bonds is 8. The molecule has 0 aliphatic carbocycles. The molecule has 1 fully saturated rings. The second-order valence-electron chi connectivity index (χ2n) is 7.93. The summed E-state index contributed by atoms with van der Waals surface area (Å²) < 4.78 is 7.10. The van der Waals surface area contributed by atoms with E-state index in [0.717, 1.165) is 50.5 Å². The number of guanidine groups is 1. The lowest BCUT2D eigenvalue weighted by Crippen LogP contribution is -2.44. The van der Waals surface area contributed by atoms with Gasteiger partial charge in [-0.3, -0.25) is 9.58 Å². The van der Waals surface area contributed by atoms with Crippen molar-refractivity contribution in [1.82, 2.24) is 25.3 Å². The van der Waals surface area contributed by atoms with Gasteiger partial charge in [-0.1, -0.05) is 24.3 Å². The fourth-order valence-corrected chi connectivity index (χ4v) is 3.34. The minimum Gasteiger partial charge on any atom is -0.383 e. The minimum atomic E-state index is -1.04. The van der Waals surface area contributed by atoms with E-state index in [1.807, 2.05) is 20.2 Å². The number of aliphatic imine (C=N–C) groups is 1. The number of morpholine rings is 1. The number of hydrogen-bond donors (Lipinski definition) is 3. The number of nitrogens with one attached hydrogen (secondary N) is 2. The summed E-state index contributed by atoms with van der Waals surface area (Å²) in [5, 5.41) is 21.4. The molecule has 1 aliphatic heterocycles. The highest BCUT2D eigenvalue weighted by atomic mass is 16.5. The predicted molar refractivity (Wildman–Crippen MR) is 118 cm³/mol. The number of aryl methyl sites for hydroxylation is 1. The predicted octanol–water partition coefficient (Wildman–Crippen LogP) is 1.22. The lowest BCUT2D eigenvalue weighted by atomic mass is 10.00. The van der Waals surface area contributed by atoms with Gasteiger partial charge in [-0.15, -0.1) is 0 Å². The van der Waals surface area contributed by atoms with Crippen LogP contribution in [0.4, 0.5) is 0 Å². The molecule has 2 aromatic rings. The second-order valence-corrected chi connectivity index (χ2v) is 7.93. The van der Waals surface area contributed by atoms with E-state index in [0.29, 0.717) is 19.0 Å². The van der Waals surface area contributed by atoms with Crippen LogP contribution >= 0.6 is 0 Å². The van der Waals surface area contributed by atoms with E-state index < -0.39 is 5.60 Å². The zero-order valence-corrected chi connectivity index (χ0v) is 18.3. The Kier molecular flexibility index (Phi) is 7.84. The zero-order valence-electron chi connectivity index (χ0n) is 18.3. The normalized spacial score (nSPS) is 17.5. The molecule has 1 aromatic carbocycles. The van der Waals surface area contributed by atoms with Crippen LogP contribution in [0.2, 0.25) is 0 Å². The van der Waals surface area contributed by atoms with Gasteiger partial charge >= 0.3 is 0 Å². The van der Waals surface area contributed by atoms with Crippen molar-refractivity contribution in [2.75, 3.05) is 39.4 Å². The van der Waals surface area contributed by atoms with E-state index in [1.165, 1.54) is 5.56 Å². The van der Waals surface area contributed by atoms with Crippen LogP contribution in [0.25, 0.3) is 0 Å². The van der Waals surface area contributed by atoms with Crippen LogP contribution in [0.3, 0.4) is 0 Å². The summed E-state index contributed by atoms with van der Waals surface area (Å²) in [6.07, 6.45) is 3.51. The highest BCUT2D eigenvalue weighted by Gasteiger charge is 2.25. The van der Waals surface area contributed by atoms with Crippen molar-refractivity contribution < 1.29 is 9.84 Å². The standard InChI is InChI=1S/C22H34N6O2/c1-4-23-21(25-17-22(2,29)20-14-26-27(3)16-20)24-13-18-5-7-19(8-6-18)15-28-9-11-30-12-10-28/h5-8,14,16,29H,4,9-13,15,17H2,1-3H3,(H2,23,24,25). The monoisotopic (exact) mass is 414 g/mol. The second kappa shape index (κ2) is 10.6. The molecule has 1 aliphatic rings. The Labute approximate surface area is 178 Å². The van der Waals surface area contributed by atoms with Gasteiger partial charge in [0.05, 0.1) is 32.5 Å². The zero-order chi connectivity index (χ0) is 21.4. The van der Waals surface area contributed by atoms with Crippen molar-refractivity contribution in [2.24, 2.45) is 12.0 Å². The Balaban J connectivity index is 1.54. The molecule has 164 valence electrons. The Morgan fingerprint density at radius 3 is 2.53 bits per heavy atom. The largest absolute Gasteiger partial charge is 0.383 e. The third-order valence-electron chi connectivity index (χ3n) is 5.22. The van der Waals surface area contributed by atoms with Crippen molar-refractivity contribution in [1.29, 1.82) is 0 Å². The van der Waals surface area contributed by atoms with E-state index in [1.54, 1.807) is 17.8 Å². The van der Waals surface area contributed by atoms with E-state index in [9.17, 15) is 5.11 Å².